The summed E-state index contributed by atoms with van der Waals surface area (Å²) >= 11 is 0. The molecular formula is C14H27N5O. The summed E-state index contributed by atoms with van der Waals surface area (Å²) in [6.07, 6.45) is 11.7. The van der Waals surface area contributed by atoms with Crippen molar-refractivity contribution >= 4 is 6.79 Å². The molecule has 114 valence electrons. The Hall–Kier alpha value is -2.31. The van der Waals surface area contributed by atoms with Crippen molar-refractivity contribution in [2.24, 2.45) is 11.6 Å². The minimum atomic E-state index is 0.701. The van der Waals surface area contributed by atoms with E-state index in [1.54, 1.807) is 19.3 Å². The minimum Gasteiger partial charge on any atom is -0.402 e. The fourth-order valence-electron chi connectivity index (χ4n) is 0.939. The van der Waals surface area contributed by atoms with Crippen LogP contribution in [-0.2, 0) is 4.79 Å². The van der Waals surface area contributed by atoms with Gasteiger partial charge in [0.05, 0.1) is 0 Å². The second-order valence-electron chi connectivity index (χ2n) is 3.12. The van der Waals surface area contributed by atoms with Crippen LogP contribution in [0.4, 0.5) is 0 Å². The Kier molecular flexibility index (Phi) is 25.0. The first-order chi connectivity index (χ1) is 9.70. The van der Waals surface area contributed by atoms with Crippen LogP contribution in [0.2, 0.25) is 0 Å². The number of nitrogens with one attached hydrogen (secondary N) is 3. The molecule has 1 rings (SSSR count). The number of hydrogen-bond acceptors (Lipinski definition) is 6. The highest BCUT2D eigenvalue weighted by molar-refractivity contribution is 5.14. The Morgan fingerprint density at radius 1 is 1.40 bits per heavy atom. The van der Waals surface area contributed by atoms with Gasteiger partial charge < -0.3 is 21.3 Å². The lowest BCUT2D eigenvalue weighted by molar-refractivity contribution is -0.0979. The van der Waals surface area contributed by atoms with Crippen LogP contribution < -0.4 is 27.9 Å². The average Bonchev–Trinajstić information content (AvgIpc) is 2.51. The monoisotopic (exact) mass is 281 g/mol. The zero-order valence-corrected chi connectivity index (χ0v) is 12.2. The van der Waals surface area contributed by atoms with Gasteiger partial charge in [-0.05, 0) is 31.2 Å². The van der Waals surface area contributed by atoms with E-state index >= 15 is 0 Å². The largest absolute Gasteiger partial charge is 0.402 e. The first kappa shape index (κ1) is 22.8. The molecule has 0 heterocycles. The van der Waals surface area contributed by atoms with Crippen molar-refractivity contribution in [3.63, 3.8) is 0 Å². The van der Waals surface area contributed by atoms with E-state index in [1.807, 2.05) is 18.9 Å². The lowest BCUT2D eigenvalue weighted by Crippen LogP contribution is -2.36. The van der Waals surface area contributed by atoms with E-state index in [9.17, 15) is 0 Å². The van der Waals surface area contributed by atoms with Gasteiger partial charge in [0.15, 0.2) is 0 Å². The van der Waals surface area contributed by atoms with Gasteiger partial charge in [0.1, 0.15) is 6.79 Å². The van der Waals surface area contributed by atoms with Gasteiger partial charge in [-0.3, -0.25) is 5.84 Å². The normalized spacial score (nSPS) is 11.4. The van der Waals surface area contributed by atoms with Gasteiger partial charge in [-0.1, -0.05) is 18.7 Å². The highest BCUT2D eigenvalue weighted by Gasteiger charge is 1.89. The molecule has 0 spiro atoms. The van der Waals surface area contributed by atoms with Crippen LogP contribution in [0.3, 0.4) is 0 Å². The Labute approximate surface area is 121 Å². The number of hydrazine groups is 2. The van der Waals surface area contributed by atoms with Crippen LogP contribution in [0.5, 0.6) is 0 Å². The fourth-order valence-corrected chi connectivity index (χ4v) is 0.939. The van der Waals surface area contributed by atoms with Crippen LogP contribution >= 0.6 is 0 Å². The molecule has 0 aromatic heterocycles. The van der Waals surface area contributed by atoms with E-state index in [0.717, 1.165) is 18.5 Å². The molecule has 1 aliphatic rings. The maximum absolute atomic E-state index is 8.00. The van der Waals surface area contributed by atoms with E-state index in [0.29, 0.717) is 5.70 Å². The quantitative estimate of drug-likeness (QED) is 0.228. The van der Waals surface area contributed by atoms with Gasteiger partial charge >= 0.3 is 0 Å². The standard InChI is InChI=1S/C6H9N.C5H12N4.C2H4.CH2O/c7-6-4-2-1-3-5-6;1-5(8-9-6)3-4-7-2;2*1-2/h1-2,4H,3,5,7H2;3-4,7-9H,1,6H2,2H3;1-2H2;1H2/b;4-3-;;. The molecule has 0 radical (unpaired) electrons. The molecule has 20 heavy (non-hydrogen) atoms. The van der Waals surface area contributed by atoms with Gasteiger partial charge in [-0.15, -0.1) is 13.2 Å². The second kappa shape index (κ2) is 21.9. The highest BCUT2D eigenvalue weighted by atomic mass is 16.1. The third-order valence-electron chi connectivity index (χ3n) is 1.73. The van der Waals surface area contributed by atoms with E-state index < -0.39 is 0 Å². The molecule has 0 fully saturated rings. The molecule has 0 aliphatic heterocycles. The summed E-state index contributed by atoms with van der Waals surface area (Å²) in [5.74, 6) is 4.92. The number of rotatable bonds is 4. The van der Waals surface area contributed by atoms with Crippen molar-refractivity contribution in [3.8, 4) is 0 Å². The predicted octanol–water partition coefficient (Wildman–Crippen LogP) is 0.997. The smallest absolute Gasteiger partial charge is 0.106 e. The third-order valence-corrected chi connectivity index (χ3v) is 1.73. The summed E-state index contributed by atoms with van der Waals surface area (Å²) < 4.78 is 0. The van der Waals surface area contributed by atoms with E-state index in [2.05, 4.69) is 42.1 Å². The molecule has 0 aromatic rings. The summed E-state index contributed by atoms with van der Waals surface area (Å²) in [6.45, 7) is 11.6. The molecule has 6 nitrogen and oxygen atoms in total. The molecule has 0 saturated carbocycles. The van der Waals surface area contributed by atoms with Crippen molar-refractivity contribution < 1.29 is 4.79 Å². The van der Waals surface area contributed by atoms with Crippen molar-refractivity contribution in [1.82, 2.24) is 16.3 Å². The van der Waals surface area contributed by atoms with Gasteiger partial charge in [0.2, 0.25) is 0 Å². The van der Waals surface area contributed by atoms with Crippen molar-refractivity contribution in [2.75, 3.05) is 7.05 Å². The minimum absolute atomic E-state index is 0.701. The SMILES string of the molecule is C=C.C=C(/C=C\NC)NNN.C=O.NC1=CC=CCC1. The van der Waals surface area contributed by atoms with Crippen LogP contribution in [-0.4, -0.2) is 13.8 Å². The van der Waals surface area contributed by atoms with Crippen LogP contribution in [0, 0.1) is 0 Å². The van der Waals surface area contributed by atoms with Crippen LogP contribution in [0.1, 0.15) is 12.8 Å². The lowest BCUT2D eigenvalue weighted by Gasteiger charge is -2.00. The van der Waals surface area contributed by atoms with E-state index in [4.69, 9.17) is 16.4 Å². The highest BCUT2D eigenvalue weighted by Crippen LogP contribution is 2.04. The average molecular weight is 281 g/mol. The molecule has 0 aromatic carbocycles. The summed E-state index contributed by atoms with van der Waals surface area (Å²) in [4.78, 5) is 8.00. The van der Waals surface area contributed by atoms with Gasteiger partial charge in [-0.25, -0.2) is 0 Å². The number of carbonyl (C=O) groups is 1. The summed E-state index contributed by atoms with van der Waals surface area (Å²) in [5, 5.41) is 2.81. The molecule has 1 aliphatic carbocycles. The van der Waals surface area contributed by atoms with E-state index in [-0.39, 0.29) is 0 Å². The zero-order chi connectivity index (χ0) is 16.2. The number of carbonyl (C=O) groups excluding carboxylic acids is 1. The van der Waals surface area contributed by atoms with Crippen molar-refractivity contribution in [3.05, 3.63) is 61.6 Å². The van der Waals surface area contributed by atoms with Gasteiger partial charge in [0, 0.05) is 18.4 Å². The Morgan fingerprint density at radius 3 is 2.30 bits per heavy atom. The summed E-state index contributed by atoms with van der Waals surface area (Å²) in [7, 11) is 1.81. The number of hydrogen-bond donors (Lipinski definition) is 5. The maximum Gasteiger partial charge on any atom is 0.106 e. The first-order valence-corrected chi connectivity index (χ1v) is 5.85. The van der Waals surface area contributed by atoms with E-state index in [1.165, 1.54) is 0 Å². The molecule has 7 N–H and O–H groups in total. The molecule has 0 bridgehead atoms. The lowest BCUT2D eigenvalue weighted by atomic mass is 10.1. The van der Waals surface area contributed by atoms with Crippen molar-refractivity contribution in [1.29, 1.82) is 0 Å². The fraction of sp³-hybridized carbons (Fsp3) is 0.214. The third kappa shape index (κ3) is 21.0. The Bertz CT molecular complexity index is 309. The predicted molar refractivity (Wildman–Crippen MR) is 86.8 cm³/mol. The second-order valence-corrected chi connectivity index (χ2v) is 3.12. The molecular weight excluding hydrogens is 254 g/mol. The molecule has 0 amide bonds. The first-order valence-electron chi connectivity index (χ1n) is 5.85. The summed E-state index contributed by atoms with van der Waals surface area (Å²) in [6, 6.07) is 0. The van der Waals surface area contributed by atoms with Crippen LogP contribution in [0.25, 0.3) is 0 Å². The maximum atomic E-state index is 8.00. The zero-order valence-electron chi connectivity index (χ0n) is 12.2. The van der Waals surface area contributed by atoms with Crippen LogP contribution in [0.15, 0.2) is 61.6 Å². The molecule has 0 unspecified atom stereocenters. The van der Waals surface area contributed by atoms with Gasteiger partial charge in [0.25, 0.3) is 0 Å². The number of allylic oxidation sites excluding steroid dienone is 5. The van der Waals surface area contributed by atoms with Gasteiger partial charge in [-0.2, -0.15) is 5.53 Å². The molecule has 0 atom stereocenters. The Morgan fingerprint density at radius 2 is 2.00 bits per heavy atom. The topological polar surface area (TPSA) is 105 Å². The number of nitrogens with two attached hydrogens (primary N) is 2. The molecule has 0 saturated heterocycles. The summed E-state index contributed by atoms with van der Waals surface area (Å²) in [5.41, 5.74) is 12.0. The van der Waals surface area contributed by atoms with Crippen molar-refractivity contribution in [2.45, 2.75) is 12.8 Å². The Balaban J connectivity index is -0.000000234. The molecule has 6 heteroatoms.